The second-order valence-corrected chi connectivity index (χ2v) is 6.95. The largest absolute Gasteiger partial charge is 0.497 e. The van der Waals surface area contributed by atoms with E-state index in [1.54, 1.807) is 31.0 Å². The van der Waals surface area contributed by atoms with Crippen molar-refractivity contribution in [1.82, 2.24) is 14.1 Å². The number of nitro benzene ring substituents is 1. The van der Waals surface area contributed by atoms with E-state index in [1.807, 2.05) is 0 Å². The Labute approximate surface area is 139 Å². The molecule has 2 aromatic rings. The molecule has 1 aromatic carbocycles. The zero-order chi connectivity index (χ0) is 17.9. The summed E-state index contributed by atoms with van der Waals surface area (Å²) >= 11 is 0. The van der Waals surface area contributed by atoms with Crippen molar-refractivity contribution in [2.45, 2.75) is 18.4 Å². The Bertz CT molecular complexity index is 847. The maximum absolute atomic E-state index is 12.9. The van der Waals surface area contributed by atoms with Crippen LogP contribution < -0.4 is 4.74 Å². The SMILES string of the molecule is CCN(Cc1cnn(C)c1)S(=O)(=O)c1ccc(OC)cc1[N+](=O)[O-]. The first-order chi connectivity index (χ1) is 11.3. The van der Waals surface area contributed by atoms with Gasteiger partial charge in [-0.25, -0.2) is 8.42 Å². The number of aryl methyl sites for hydroxylation is 1. The molecule has 9 nitrogen and oxygen atoms in total. The molecule has 0 unspecified atom stereocenters. The summed E-state index contributed by atoms with van der Waals surface area (Å²) in [6, 6.07) is 3.68. The highest BCUT2D eigenvalue weighted by molar-refractivity contribution is 7.89. The van der Waals surface area contributed by atoms with Crippen LogP contribution in [0.3, 0.4) is 0 Å². The standard InChI is InChI=1S/C14H18N4O5S/c1-4-17(10-11-8-15-16(2)9-11)24(21,22)14-6-5-12(23-3)7-13(14)18(19)20/h5-9H,4,10H2,1-3H3. The number of benzene rings is 1. The fourth-order valence-electron chi connectivity index (χ4n) is 2.25. The average Bonchev–Trinajstić information content (AvgIpc) is 2.96. The van der Waals surface area contributed by atoms with E-state index in [0.717, 1.165) is 6.07 Å². The summed E-state index contributed by atoms with van der Waals surface area (Å²) < 4.78 is 33.4. The van der Waals surface area contributed by atoms with Crippen LogP contribution in [0, 0.1) is 10.1 Å². The van der Waals surface area contributed by atoms with Gasteiger partial charge in [-0.05, 0) is 12.1 Å². The molecule has 0 spiro atoms. The van der Waals surface area contributed by atoms with Crippen molar-refractivity contribution < 1.29 is 18.1 Å². The Morgan fingerprint density at radius 1 is 1.42 bits per heavy atom. The van der Waals surface area contributed by atoms with Crippen molar-refractivity contribution in [1.29, 1.82) is 0 Å². The molecule has 24 heavy (non-hydrogen) atoms. The average molecular weight is 354 g/mol. The molecule has 0 bridgehead atoms. The van der Waals surface area contributed by atoms with E-state index in [2.05, 4.69) is 5.10 Å². The van der Waals surface area contributed by atoms with E-state index < -0.39 is 20.6 Å². The third-order valence-corrected chi connectivity index (χ3v) is 5.42. The van der Waals surface area contributed by atoms with E-state index in [4.69, 9.17) is 4.74 Å². The van der Waals surface area contributed by atoms with Gasteiger partial charge in [0.1, 0.15) is 5.75 Å². The van der Waals surface area contributed by atoms with Crippen LogP contribution in [0.25, 0.3) is 0 Å². The van der Waals surface area contributed by atoms with Crippen LogP contribution in [0.5, 0.6) is 5.75 Å². The first-order valence-corrected chi connectivity index (χ1v) is 8.53. The number of hydrogen-bond acceptors (Lipinski definition) is 6. The molecule has 0 aliphatic rings. The number of nitrogens with zero attached hydrogens (tertiary/aromatic N) is 4. The van der Waals surface area contributed by atoms with Crippen LogP contribution in [0.2, 0.25) is 0 Å². The molecular formula is C14H18N4O5S. The van der Waals surface area contributed by atoms with Gasteiger partial charge in [0, 0.05) is 31.9 Å². The van der Waals surface area contributed by atoms with Gasteiger partial charge in [0.2, 0.25) is 10.0 Å². The fourth-order valence-corrected chi connectivity index (χ4v) is 3.82. The van der Waals surface area contributed by atoms with Crippen LogP contribution in [-0.2, 0) is 23.6 Å². The van der Waals surface area contributed by atoms with Crippen molar-refractivity contribution in [3.05, 3.63) is 46.3 Å². The van der Waals surface area contributed by atoms with Gasteiger partial charge in [0.25, 0.3) is 5.69 Å². The molecule has 0 amide bonds. The van der Waals surface area contributed by atoms with Crippen molar-refractivity contribution in [3.8, 4) is 5.75 Å². The smallest absolute Gasteiger partial charge is 0.293 e. The Balaban J connectivity index is 2.45. The third kappa shape index (κ3) is 3.54. The molecule has 0 radical (unpaired) electrons. The molecule has 1 heterocycles. The monoisotopic (exact) mass is 354 g/mol. The number of ether oxygens (including phenoxy) is 1. The van der Waals surface area contributed by atoms with Crippen molar-refractivity contribution in [3.63, 3.8) is 0 Å². The van der Waals surface area contributed by atoms with E-state index in [9.17, 15) is 18.5 Å². The maximum atomic E-state index is 12.9. The molecule has 0 atom stereocenters. The van der Waals surface area contributed by atoms with Crippen LogP contribution in [0.1, 0.15) is 12.5 Å². The lowest BCUT2D eigenvalue weighted by Crippen LogP contribution is -2.30. The Morgan fingerprint density at radius 2 is 2.12 bits per heavy atom. The molecule has 0 saturated carbocycles. The zero-order valence-electron chi connectivity index (χ0n) is 13.5. The Hall–Kier alpha value is -2.46. The molecule has 130 valence electrons. The lowest BCUT2D eigenvalue weighted by Gasteiger charge is -2.19. The summed E-state index contributed by atoms with van der Waals surface area (Å²) in [6.45, 7) is 1.92. The summed E-state index contributed by atoms with van der Waals surface area (Å²) in [5.41, 5.74) is 0.179. The molecule has 10 heteroatoms. The maximum Gasteiger partial charge on any atom is 0.293 e. The van der Waals surface area contributed by atoms with Gasteiger partial charge in [-0.2, -0.15) is 9.40 Å². The minimum Gasteiger partial charge on any atom is -0.497 e. The van der Waals surface area contributed by atoms with E-state index in [-0.39, 0.29) is 23.7 Å². The predicted molar refractivity (Wildman–Crippen MR) is 86.1 cm³/mol. The lowest BCUT2D eigenvalue weighted by atomic mass is 10.3. The number of aromatic nitrogens is 2. The van der Waals surface area contributed by atoms with Crippen LogP contribution in [0.4, 0.5) is 5.69 Å². The van der Waals surface area contributed by atoms with E-state index in [0.29, 0.717) is 5.56 Å². The molecule has 0 fully saturated rings. The summed E-state index contributed by atoms with van der Waals surface area (Å²) in [5.74, 6) is 0.218. The van der Waals surface area contributed by atoms with Gasteiger partial charge in [-0.15, -0.1) is 0 Å². The highest BCUT2D eigenvalue weighted by Gasteiger charge is 2.31. The number of methoxy groups -OCH3 is 1. The Kier molecular flexibility index (Phi) is 5.20. The van der Waals surface area contributed by atoms with Crippen LogP contribution in [0.15, 0.2) is 35.5 Å². The predicted octanol–water partition coefficient (Wildman–Crippen LogP) is 1.55. The summed E-state index contributed by atoms with van der Waals surface area (Å²) in [5, 5.41) is 15.3. The summed E-state index contributed by atoms with van der Waals surface area (Å²) in [7, 11) is -0.962. The van der Waals surface area contributed by atoms with Gasteiger partial charge in [-0.1, -0.05) is 6.92 Å². The fraction of sp³-hybridized carbons (Fsp3) is 0.357. The van der Waals surface area contributed by atoms with Crippen LogP contribution in [-0.4, -0.2) is 41.1 Å². The van der Waals surface area contributed by atoms with Crippen molar-refractivity contribution in [2.75, 3.05) is 13.7 Å². The van der Waals surface area contributed by atoms with E-state index >= 15 is 0 Å². The quantitative estimate of drug-likeness (QED) is 0.551. The van der Waals surface area contributed by atoms with Gasteiger partial charge < -0.3 is 4.74 Å². The lowest BCUT2D eigenvalue weighted by molar-refractivity contribution is -0.387. The van der Waals surface area contributed by atoms with E-state index in [1.165, 1.54) is 23.5 Å². The molecule has 0 aliphatic heterocycles. The van der Waals surface area contributed by atoms with Gasteiger partial charge >= 0.3 is 0 Å². The molecule has 0 saturated heterocycles. The second kappa shape index (κ2) is 6.97. The molecule has 0 aliphatic carbocycles. The number of hydrogen-bond donors (Lipinski definition) is 0. The number of rotatable bonds is 7. The second-order valence-electron chi connectivity index (χ2n) is 5.04. The van der Waals surface area contributed by atoms with Gasteiger partial charge in [-0.3, -0.25) is 14.8 Å². The summed E-state index contributed by atoms with van der Waals surface area (Å²) in [6.07, 6.45) is 3.25. The molecular weight excluding hydrogens is 336 g/mol. The highest BCUT2D eigenvalue weighted by Crippen LogP contribution is 2.31. The highest BCUT2D eigenvalue weighted by atomic mass is 32.2. The first-order valence-electron chi connectivity index (χ1n) is 7.09. The minimum absolute atomic E-state index is 0.0792. The van der Waals surface area contributed by atoms with Crippen molar-refractivity contribution >= 4 is 15.7 Å². The van der Waals surface area contributed by atoms with Crippen LogP contribution >= 0.6 is 0 Å². The van der Waals surface area contributed by atoms with Gasteiger partial charge in [0.15, 0.2) is 4.90 Å². The minimum atomic E-state index is -4.04. The number of nitro groups is 1. The summed E-state index contributed by atoms with van der Waals surface area (Å²) in [4.78, 5) is 10.2. The normalized spacial score (nSPS) is 11.7. The zero-order valence-corrected chi connectivity index (χ0v) is 14.4. The van der Waals surface area contributed by atoms with Crippen molar-refractivity contribution in [2.24, 2.45) is 7.05 Å². The molecule has 2 rings (SSSR count). The molecule has 0 N–H and O–H groups in total. The molecule has 1 aromatic heterocycles. The third-order valence-electron chi connectivity index (χ3n) is 3.45. The topological polar surface area (TPSA) is 108 Å². The number of sulfonamides is 1. The van der Waals surface area contributed by atoms with Gasteiger partial charge in [0.05, 0.1) is 24.3 Å². The Morgan fingerprint density at radius 3 is 2.62 bits per heavy atom. The first kappa shape index (κ1) is 17.9.